The van der Waals surface area contributed by atoms with E-state index in [2.05, 4.69) is 17.0 Å². The first-order valence-electron chi connectivity index (χ1n) is 6.44. The maximum atomic E-state index is 5.96. The third-order valence-corrected chi connectivity index (χ3v) is 3.55. The van der Waals surface area contributed by atoms with Gasteiger partial charge in [0.25, 0.3) is 0 Å². The number of likely N-dealkylation sites (tertiary alicyclic amines) is 1. The largest absolute Gasteiger partial charge is 0.496 e. The van der Waals surface area contributed by atoms with E-state index in [0.29, 0.717) is 12.6 Å². The predicted molar refractivity (Wildman–Crippen MR) is 70.2 cm³/mol. The molecule has 94 valence electrons. The van der Waals surface area contributed by atoms with Gasteiger partial charge in [-0.1, -0.05) is 24.6 Å². The normalized spacial score (nSPS) is 18.9. The first-order chi connectivity index (χ1) is 8.36. The number of benzene rings is 1. The molecule has 17 heavy (non-hydrogen) atoms. The number of para-hydroxylation sites is 1. The van der Waals surface area contributed by atoms with Crippen LogP contribution >= 0.6 is 0 Å². The van der Waals surface area contributed by atoms with Crippen molar-refractivity contribution < 1.29 is 4.74 Å². The van der Waals surface area contributed by atoms with E-state index in [1.807, 2.05) is 12.1 Å². The van der Waals surface area contributed by atoms with Crippen LogP contribution in [0.2, 0.25) is 0 Å². The van der Waals surface area contributed by atoms with Crippen LogP contribution in [0.25, 0.3) is 0 Å². The molecule has 0 aromatic heterocycles. The Balaban J connectivity index is 2.21. The van der Waals surface area contributed by atoms with Crippen molar-refractivity contribution in [2.75, 3.05) is 26.7 Å². The van der Waals surface area contributed by atoms with Crippen LogP contribution in [0.1, 0.15) is 30.9 Å². The number of nitrogens with zero attached hydrogens (tertiary/aromatic N) is 1. The first-order valence-corrected chi connectivity index (χ1v) is 6.44. The minimum absolute atomic E-state index is 0.298. The van der Waals surface area contributed by atoms with Crippen LogP contribution in [0.4, 0.5) is 0 Å². The monoisotopic (exact) mass is 234 g/mol. The summed E-state index contributed by atoms with van der Waals surface area (Å²) < 4.78 is 5.44. The Hall–Kier alpha value is -1.06. The average Bonchev–Trinajstić information content (AvgIpc) is 2.41. The highest BCUT2D eigenvalue weighted by Gasteiger charge is 2.23. The highest BCUT2D eigenvalue weighted by molar-refractivity contribution is 5.36. The lowest BCUT2D eigenvalue weighted by Crippen LogP contribution is -2.37. The molecule has 2 rings (SSSR count). The summed E-state index contributed by atoms with van der Waals surface area (Å²) in [6, 6.07) is 8.51. The summed E-state index contributed by atoms with van der Waals surface area (Å²) in [5, 5.41) is 0. The summed E-state index contributed by atoms with van der Waals surface area (Å²) >= 11 is 0. The maximum Gasteiger partial charge on any atom is 0.123 e. The topological polar surface area (TPSA) is 38.5 Å². The molecule has 1 aliphatic rings. The van der Waals surface area contributed by atoms with Gasteiger partial charge in [0.2, 0.25) is 0 Å². The maximum absolute atomic E-state index is 5.96. The summed E-state index contributed by atoms with van der Waals surface area (Å²) in [6.45, 7) is 2.96. The van der Waals surface area contributed by atoms with Gasteiger partial charge >= 0.3 is 0 Å². The van der Waals surface area contributed by atoms with Gasteiger partial charge < -0.3 is 10.5 Å². The molecule has 2 N–H and O–H groups in total. The lowest BCUT2D eigenvalue weighted by Gasteiger charge is -2.34. The van der Waals surface area contributed by atoms with Crippen molar-refractivity contribution in [1.82, 2.24) is 4.90 Å². The number of hydrogen-bond donors (Lipinski definition) is 1. The van der Waals surface area contributed by atoms with Crippen molar-refractivity contribution in [3.63, 3.8) is 0 Å². The van der Waals surface area contributed by atoms with Crippen molar-refractivity contribution in [2.45, 2.75) is 25.3 Å². The SMILES string of the molecule is COc1ccccc1[C@@H](CN)N1CCCCC1. The van der Waals surface area contributed by atoms with Crippen LogP contribution in [-0.4, -0.2) is 31.6 Å². The molecule has 0 aliphatic carbocycles. The van der Waals surface area contributed by atoms with E-state index in [9.17, 15) is 0 Å². The molecule has 1 heterocycles. The van der Waals surface area contributed by atoms with Gasteiger partial charge in [-0.3, -0.25) is 4.90 Å². The van der Waals surface area contributed by atoms with Gasteiger partial charge in [-0.05, 0) is 32.0 Å². The summed E-state index contributed by atoms with van der Waals surface area (Å²) in [6.07, 6.45) is 3.91. The zero-order valence-corrected chi connectivity index (χ0v) is 10.6. The zero-order valence-electron chi connectivity index (χ0n) is 10.6. The Morgan fingerprint density at radius 3 is 2.59 bits per heavy atom. The Labute approximate surface area is 104 Å². The minimum atomic E-state index is 0.298. The van der Waals surface area contributed by atoms with Crippen LogP contribution in [0.15, 0.2) is 24.3 Å². The number of nitrogens with two attached hydrogens (primary N) is 1. The summed E-state index contributed by atoms with van der Waals surface area (Å²) in [7, 11) is 1.72. The van der Waals surface area contributed by atoms with Crippen LogP contribution in [0, 0.1) is 0 Å². The molecule has 1 fully saturated rings. The van der Waals surface area contributed by atoms with Crippen molar-refractivity contribution in [3.8, 4) is 5.75 Å². The Bertz CT molecular complexity index is 348. The molecule has 0 spiro atoms. The van der Waals surface area contributed by atoms with Gasteiger partial charge in [-0.25, -0.2) is 0 Å². The third-order valence-electron chi connectivity index (χ3n) is 3.55. The van der Waals surface area contributed by atoms with Gasteiger partial charge in [-0.2, -0.15) is 0 Å². The van der Waals surface area contributed by atoms with E-state index in [-0.39, 0.29) is 0 Å². The number of rotatable bonds is 4. The first kappa shape index (κ1) is 12.4. The van der Waals surface area contributed by atoms with Crippen LogP contribution in [0.3, 0.4) is 0 Å². The van der Waals surface area contributed by atoms with E-state index in [4.69, 9.17) is 10.5 Å². The van der Waals surface area contributed by atoms with Crippen LogP contribution in [-0.2, 0) is 0 Å². The van der Waals surface area contributed by atoms with Gasteiger partial charge in [0.1, 0.15) is 5.75 Å². The molecule has 0 unspecified atom stereocenters. The van der Waals surface area contributed by atoms with E-state index in [1.54, 1.807) is 7.11 Å². The quantitative estimate of drug-likeness (QED) is 0.868. The van der Waals surface area contributed by atoms with Crippen molar-refractivity contribution >= 4 is 0 Å². The molecule has 1 saturated heterocycles. The molecule has 3 heteroatoms. The average molecular weight is 234 g/mol. The fourth-order valence-corrected chi connectivity index (χ4v) is 2.64. The van der Waals surface area contributed by atoms with Gasteiger partial charge in [0.15, 0.2) is 0 Å². The highest BCUT2D eigenvalue weighted by atomic mass is 16.5. The Kier molecular flexibility index (Phi) is 4.40. The Morgan fingerprint density at radius 2 is 1.94 bits per heavy atom. The van der Waals surface area contributed by atoms with Crippen molar-refractivity contribution in [3.05, 3.63) is 29.8 Å². The second-order valence-electron chi connectivity index (χ2n) is 4.59. The number of piperidine rings is 1. The van der Waals surface area contributed by atoms with Gasteiger partial charge in [-0.15, -0.1) is 0 Å². The fraction of sp³-hybridized carbons (Fsp3) is 0.571. The highest BCUT2D eigenvalue weighted by Crippen LogP contribution is 2.30. The molecular weight excluding hydrogens is 212 g/mol. The number of methoxy groups -OCH3 is 1. The molecular formula is C14H22N2O. The molecule has 0 amide bonds. The Morgan fingerprint density at radius 1 is 1.24 bits per heavy atom. The molecule has 1 aliphatic heterocycles. The van der Waals surface area contributed by atoms with Crippen molar-refractivity contribution in [2.24, 2.45) is 5.73 Å². The molecule has 1 aromatic carbocycles. The lowest BCUT2D eigenvalue weighted by atomic mass is 10.0. The van der Waals surface area contributed by atoms with E-state index in [0.717, 1.165) is 18.8 Å². The molecule has 1 atom stereocenters. The molecule has 1 aromatic rings. The summed E-state index contributed by atoms with van der Waals surface area (Å²) in [4.78, 5) is 2.49. The molecule has 0 bridgehead atoms. The van der Waals surface area contributed by atoms with E-state index < -0.39 is 0 Å². The van der Waals surface area contributed by atoms with E-state index in [1.165, 1.54) is 24.8 Å². The zero-order chi connectivity index (χ0) is 12.1. The second-order valence-corrected chi connectivity index (χ2v) is 4.59. The second kappa shape index (κ2) is 6.03. The molecule has 0 saturated carbocycles. The summed E-state index contributed by atoms with van der Waals surface area (Å²) in [5.41, 5.74) is 7.18. The van der Waals surface area contributed by atoms with Gasteiger partial charge in [0.05, 0.1) is 13.2 Å². The van der Waals surface area contributed by atoms with Gasteiger partial charge in [0, 0.05) is 12.1 Å². The molecule has 0 radical (unpaired) electrons. The smallest absolute Gasteiger partial charge is 0.123 e. The lowest BCUT2D eigenvalue weighted by molar-refractivity contribution is 0.165. The van der Waals surface area contributed by atoms with Crippen molar-refractivity contribution in [1.29, 1.82) is 0 Å². The third kappa shape index (κ3) is 2.79. The van der Waals surface area contributed by atoms with E-state index >= 15 is 0 Å². The van der Waals surface area contributed by atoms with Crippen LogP contribution < -0.4 is 10.5 Å². The summed E-state index contributed by atoms with van der Waals surface area (Å²) in [5.74, 6) is 0.952. The minimum Gasteiger partial charge on any atom is -0.496 e. The van der Waals surface area contributed by atoms with Crippen LogP contribution in [0.5, 0.6) is 5.75 Å². The number of hydrogen-bond acceptors (Lipinski definition) is 3. The predicted octanol–water partition coefficient (Wildman–Crippen LogP) is 2.18. The molecule has 3 nitrogen and oxygen atoms in total. The fourth-order valence-electron chi connectivity index (χ4n) is 2.64. The number of ether oxygens (including phenoxy) is 1. The standard InChI is InChI=1S/C14H22N2O/c1-17-14-8-4-3-7-12(14)13(11-15)16-9-5-2-6-10-16/h3-4,7-8,13H,2,5-6,9-11,15H2,1H3/t13-/m1/s1.